The predicted octanol–water partition coefficient (Wildman–Crippen LogP) is 2.48. The Labute approximate surface area is 88.7 Å². The molecule has 0 saturated heterocycles. The quantitative estimate of drug-likeness (QED) is 0.784. The van der Waals surface area contributed by atoms with Gasteiger partial charge in [0.1, 0.15) is 18.0 Å². The fourth-order valence-corrected chi connectivity index (χ4v) is 1.46. The maximum Gasteiger partial charge on any atom is 0.147 e. The summed E-state index contributed by atoms with van der Waals surface area (Å²) >= 11 is 3.11. The lowest BCUT2D eigenvalue weighted by atomic mass is 10.3. The minimum absolute atomic E-state index is 0.286. The molecule has 0 bridgehead atoms. The lowest BCUT2D eigenvalue weighted by molar-refractivity contribution is 0.620. The van der Waals surface area contributed by atoms with E-state index in [4.69, 9.17) is 0 Å². The number of rotatable bonds is 1. The Morgan fingerprint density at radius 3 is 2.79 bits per heavy atom. The predicted molar refractivity (Wildman–Crippen MR) is 53.8 cm³/mol. The highest BCUT2D eigenvalue weighted by molar-refractivity contribution is 9.10. The van der Waals surface area contributed by atoms with E-state index in [9.17, 15) is 4.39 Å². The SMILES string of the molecule is Cc1ncn(-c2ccc(F)c(Br)c2)n1. The molecular weight excluding hydrogens is 249 g/mol. The van der Waals surface area contributed by atoms with Crippen LogP contribution in [0.4, 0.5) is 4.39 Å². The summed E-state index contributed by atoms with van der Waals surface area (Å²) in [5.74, 6) is 0.399. The number of hydrogen-bond donors (Lipinski definition) is 0. The van der Waals surface area contributed by atoms with Gasteiger partial charge in [-0.2, -0.15) is 5.10 Å². The summed E-state index contributed by atoms with van der Waals surface area (Å²) in [6, 6.07) is 4.69. The van der Waals surface area contributed by atoms with Gasteiger partial charge in [-0.3, -0.25) is 0 Å². The fourth-order valence-electron chi connectivity index (χ4n) is 1.10. The first-order valence-corrected chi connectivity index (χ1v) is 4.80. The molecule has 0 fully saturated rings. The van der Waals surface area contributed by atoms with Crippen LogP contribution >= 0.6 is 15.9 Å². The van der Waals surface area contributed by atoms with Crippen LogP contribution in [0.25, 0.3) is 5.69 Å². The number of halogens is 2. The molecule has 2 rings (SSSR count). The average molecular weight is 256 g/mol. The Morgan fingerprint density at radius 2 is 2.21 bits per heavy atom. The summed E-state index contributed by atoms with van der Waals surface area (Å²) in [6.45, 7) is 1.80. The van der Waals surface area contributed by atoms with Crippen LogP contribution < -0.4 is 0 Å². The Morgan fingerprint density at radius 1 is 1.43 bits per heavy atom. The highest BCUT2D eigenvalue weighted by Crippen LogP contribution is 2.18. The zero-order valence-corrected chi connectivity index (χ0v) is 8.99. The van der Waals surface area contributed by atoms with Crippen LogP contribution in [0.1, 0.15) is 5.82 Å². The van der Waals surface area contributed by atoms with Gasteiger partial charge in [0.2, 0.25) is 0 Å². The molecule has 72 valence electrons. The molecular formula is C9H7BrFN3. The lowest BCUT2D eigenvalue weighted by Gasteiger charge is -2.01. The Balaban J connectivity index is 2.47. The minimum atomic E-state index is -0.286. The lowest BCUT2D eigenvalue weighted by Crippen LogP contribution is -1.95. The molecule has 1 aromatic carbocycles. The zero-order chi connectivity index (χ0) is 10.1. The molecule has 0 atom stereocenters. The van der Waals surface area contributed by atoms with Crippen molar-refractivity contribution in [3.8, 4) is 5.69 Å². The van der Waals surface area contributed by atoms with Crippen molar-refractivity contribution in [2.45, 2.75) is 6.92 Å². The van der Waals surface area contributed by atoms with Crippen LogP contribution in [-0.2, 0) is 0 Å². The van der Waals surface area contributed by atoms with E-state index >= 15 is 0 Å². The highest BCUT2D eigenvalue weighted by atomic mass is 79.9. The first-order valence-electron chi connectivity index (χ1n) is 4.00. The number of hydrogen-bond acceptors (Lipinski definition) is 2. The Bertz CT molecular complexity index is 467. The van der Waals surface area contributed by atoms with Gasteiger partial charge in [0.15, 0.2) is 0 Å². The van der Waals surface area contributed by atoms with Gasteiger partial charge in [-0.1, -0.05) is 0 Å². The molecule has 0 unspecified atom stereocenters. The molecule has 2 aromatic rings. The molecule has 0 amide bonds. The topological polar surface area (TPSA) is 30.7 Å². The number of aryl methyl sites for hydroxylation is 1. The summed E-state index contributed by atoms with van der Waals surface area (Å²) in [5, 5.41) is 4.11. The normalized spacial score (nSPS) is 10.5. The molecule has 1 aromatic heterocycles. The molecule has 0 N–H and O–H groups in total. The van der Waals surface area contributed by atoms with Crippen molar-refractivity contribution in [2.24, 2.45) is 0 Å². The van der Waals surface area contributed by atoms with Crippen molar-refractivity contribution in [1.82, 2.24) is 14.8 Å². The number of aromatic nitrogens is 3. The third kappa shape index (κ3) is 1.68. The van der Waals surface area contributed by atoms with E-state index in [1.165, 1.54) is 6.07 Å². The second-order valence-electron chi connectivity index (χ2n) is 2.83. The third-order valence-electron chi connectivity index (χ3n) is 1.77. The van der Waals surface area contributed by atoms with Crippen molar-refractivity contribution >= 4 is 15.9 Å². The van der Waals surface area contributed by atoms with Gasteiger partial charge in [0, 0.05) is 0 Å². The molecule has 0 aliphatic carbocycles. The van der Waals surface area contributed by atoms with Crippen LogP contribution in [0.2, 0.25) is 0 Å². The Hall–Kier alpha value is -1.23. The molecule has 3 nitrogen and oxygen atoms in total. The first-order chi connectivity index (χ1) is 6.66. The van der Waals surface area contributed by atoms with Gasteiger partial charge >= 0.3 is 0 Å². The van der Waals surface area contributed by atoms with E-state index in [1.54, 1.807) is 30.1 Å². The summed E-state index contributed by atoms with van der Waals surface area (Å²) in [5.41, 5.74) is 0.777. The van der Waals surface area contributed by atoms with E-state index in [-0.39, 0.29) is 5.82 Å². The van der Waals surface area contributed by atoms with Crippen molar-refractivity contribution in [2.75, 3.05) is 0 Å². The maximum absolute atomic E-state index is 12.9. The smallest absolute Gasteiger partial charge is 0.147 e. The van der Waals surface area contributed by atoms with Crippen molar-refractivity contribution in [3.05, 3.63) is 40.6 Å². The first kappa shape index (κ1) is 9.33. The second kappa shape index (κ2) is 3.49. The number of benzene rings is 1. The molecule has 0 radical (unpaired) electrons. The highest BCUT2D eigenvalue weighted by Gasteiger charge is 2.03. The molecule has 0 aliphatic rings. The minimum Gasteiger partial charge on any atom is -0.221 e. The van der Waals surface area contributed by atoms with E-state index in [0.29, 0.717) is 10.3 Å². The van der Waals surface area contributed by atoms with Gasteiger partial charge in [-0.25, -0.2) is 14.1 Å². The van der Waals surface area contributed by atoms with E-state index in [0.717, 1.165) is 5.69 Å². The molecule has 5 heteroatoms. The van der Waals surface area contributed by atoms with Gasteiger partial charge < -0.3 is 0 Å². The van der Waals surface area contributed by atoms with Crippen molar-refractivity contribution < 1.29 is 4.39 Å². The van der Waals surface area contributed by atoms with Gasteiger partial charge in [-0.15, -0.1) is 0 Å². The molecule has 14 heavy (non-hydrogen) atoms. The molecule has 0 spiro atoms. The van der Waals surface area contributed by atoms with Crippen LogP contribution in [0.3, 0.4) is 0 Å². The Kier molecular flexibility index (Phi) is 2.33. The maximum atomic E-state index is 12.9. The van der Waals surface area contributed by atoms with Gasteiger partial charge in [0.25, 0.3) is 0 Å². The molecule has 0 saturated carbocycles. The monoisotopic (exact) mass is 255 g/mol. The summed E-state index contributed by atoms with van der Waals surface area (Å²) < 4.78 is 14.9. The zero-order valence-electron chi connectivity index (χ0n) is 7.41. The van der Waals surface area contributed by atoms with E-state index < -0.39 is 0 Å². The van der Waals surface area contributed by atoms with Crippen LogP contribution in [0.15, 0.2) is 29.0 Å². The van der Waals surface area contributed by atoms with E-state index in [1.807, 2.05) is 0 Å². The molecule has 1 heterocycles. The number of nitrogens with zero attached hydrogens (tertiary/aromatic N) is 3. The van der Waals surface area contributed by atoms with Crippen LogP contribution in [0.5, 0.6) is 0 Å². The summed E-state index contributed by atoms with van der Waals surface area (Å²) in [6.07, 6.45) is 1.59. The van der Waals surface area contributed by atoms with Gasteiger partial charge in [-0.05, 0) is 41.1 Å². The largest absolute Gasteiger partial charge is 0.221 e. The average Bonchev–Trinajstić information content (AvgIpc) is 2.57. The van der Waals surface area contributed by atoms with Gasteiger partial charge in [0.05, 0.1) is 10.2 Å². The second-order valence-corrected chi connectivity index (χ2v) is 3.69. The van der Waals surface area contributed by atoms with Crippen molar-refractivity contribution in [3.63, 3.8) is 0 Å². The summed E-state index contributed by atoms with van der Waals surface area (Å²) in [7, 11) is 0. The van der Waals surface area contributed by atoms with E-state index in [2.05, 4.69) is 26.0 Å². The molecule has 0 aliphatic heterocycles. The van der Waals surface area contributed by atoms with Crippen molar-refractivity contribution in [1.29, 1.82) is 0 Å². The fraction of sp³-hybridized carbons (Fsp3) is 0.111. The van der Waals surface area contributed by atoms with Crippen LogP contribution in [-0.4, -0.2) is 14.8 Å². The standard InChI is InChI=1S/C9H7BrFN3/c1-6-12-5-14(13-6)7-2-3-9(11)8(10)4-7/h2-5H,1H3. The third-order valence-corrected chi connectivity index (χ3v) is 2.38. The van der Waals surface area contributed by atoms with Crippen LogP contribution in [0, 0.1) is 12.7 Å². The summed E-state index contributed by atoms with van der Waals surface area (Å²) in [4.78, 5) is 3.99.